The van der Waals surface area contributed by atoms with E-state index in [0.717, 1.165) is 25.7 Å². The van der Waals surface area contributed by atoms with Gasteiger partial charge in [0.25, 0.3) is 0 Å². The molecule has 3 aliphatic carbocycles. The second kappa shape index (κ2) is 2.97. The van der Waals surface area contributed by atoms with Gasteiger partial charge in [-0.2, -0.15) is 0 Å². The van der Waals surface area contributed by atoms with Crippen molar-refractivity contribution in [2.24, 2.45) is 16.7 Å². The molecule has 0 amide bonds. The minimum atomic E-state index is -0.522. The largest absolute Gasteiger partial charge is 0.389 e. The molecule has 96 valence electrons. The maximum atomic E-state index is 11.0. The number of aliphatic hydroxyl groups is 2. The Bertz CT molecular complexity index is 409. The minimum Gasteiger partial charge on any atom is -0.389 e. The van der Waals surface area contributed by atoms with Crippen LogP contribution < -0.4 is 0 Å². The minimum absolute atomic E-state index is 0.0598. The van der Waals surface area contributed by atoms with E-state index in [9.17, 15) is 10.2 Å². The van der Waals surface area contributed by atoms with Gasteiger partial charge in [-0.1, -0.05) is 26.3 Å². The van der Waals surface area contributed by atoms with Gasteiger partial charge >= 0.3 is 0 Å². The Morgan fingerprint density at radius 1 is 1.18 bits per heavy atom. The molecule has 0 saturated heterocycles. The van der Waals surface area contributed by atoms with Crippen LogP contribution in [0.2, 0.25) is 0 Å². The Balaban J connectivity index is 2.06. The van der Waals surface area contributed by atoms with Crippen molar-refractivity contribution in [1.29, 1.82) is 0 Å². The second-order valence-corrected chi connectivity index (χ2v) is 7.71. The third-order valence-electron chi connectivity index (χ3n) is 5.56. The molecule has 0 unspecified atom stereocenters. The number of hydrogen-bond acceptors (Lipinski definition) is 2. The smallest absolute Gasteiger partial charge is 0.0766 e. The molecule has 0 aromatic heterocycles. The van der Waals surface area contributed by atoms with Gasteiger partial charge in [-0.25, -0.2) is 0 Å². The highest BCUT2D eigenvalue weighted by Gasteiger charge is 2.64. The van der Waals surface area contributed by atoms with Crippen LogP contribution in [-0.4, -0.2) is 21.9 Å². The summed E-state index contributed by atoms with van der Waals surface area (Å²) < 4.78 is 0. The number of fused-ring (bicyclic) bond motifs is 3. The lowest BCUT2D eigenvalue weighted by Crippen LogP contribution is -2.57. The average Bonchev–Trinajstić information content (AvgIpc) is 2.33. The molecule has 4 atom stereocenters. The van der Waals surface area contributed by atoms with Gasteiger partial charge in [0.1, 0.15) is 0 Å². The second-order valence-electron chi connectivity index (χ2n) is 7.71. The van der Waals surface area contributed by atoms with Crippen LogP contribution >= 0.6 is 0 Å². The predicted molar refractivity (Wildman–Crippen MR) is 67.5 cm³/mol. The molecule has 0 aromatic carbocycles. The van der Waals surface area contributed by atoms with Crippen molar-refractivity contribution >= 4 is 0 Å². The molecule has 2 heteroatoms. The molecule has 2 nitrogen and oxygen atoms in total. The molecule has 0 aliphatic heterocycles. The zero-order valence-electron chi connectivity index (χ0n) is 11.4. The SMILES string of the molecule is CC1=C2[C@H](O)C[C@]2(C)[C@H]2CC(C)(C)C[C@@]2(O)C1. The monoisotopic (exact) mass is 236 g/mol. The van der Waals surface area contributed by atoms with E-state index in [2.05, 4.69) is 27.7 Å². The Morgan fingerprint density at radius 2 is 1.82 bits per heavy atom. The van der Waals surface area contributed by atoms with E-state index < -0.39 is 5.60 Å². The average molecular weight is 236 g/mol. The molecular formula is C15H24O2. The maximum Gasteiger partial charge on any atom is 0.0766 e. The Kier molecular flexibility index (Phi) is 2.05. The molecule has 0 aromatic rings. The van der Waals surface area contributed by atoms with Crippen molar-refractivity contribution in [2.75, 3.05) is 0 Å². The first-order valence-electron chi connectivity index (χ1n) is 6.79. The molecule has 17 heavy (non-hydrogen) atoms. The lowest BCUT2D eigenvalue weighted by molar-refractivity contribution is -0.0963. The molecular weight excluding hydrogens is 212 g/mol. The van der Waals surface area contributed by atoms with Crippen LogP contribution in [0.15, 0.2) is 11.1 Å². The van der Waals surface area contributed by atoms with Crippen LogP contribution in [0.25, 0.3) is 0 Å². The van der Waals surface area contributed by atoms with Crippen molar-refractivity contribution in [3.8, 4) is 0 Å². The fourth-order valence-corrected chi connectivity index (χ4v) is 5.29. The van der Waals surface area contributed by atoms with E-state index in [1.54, 1.807) is 0 Å². The molecule has 3 rings (SSSR count). The van der Waals surface area contributed by atoms with E-state index in [-0.39, 0.29) is 16.9 Å². The number of hydrogen-bond donors (Lipinski definition) is 2. The molecule has 0 radical (unpaired) electrons. The van der Waals surface area contributed by atoms with Crippen LogP contribution in [0, 0.1) is 16.7 Å². The van der Waals surface area contributed by atoms with E-state index in [1.165, 1.54) is 11.1 Å². The van der Waals surface area contributed by atoms with Crippen LogP contribution in [0.4, 0.5) is 0 Å². The summed E-state index contributed by atoms with van der Waals surface area (Å²) in [6.07, 6.45) is 3.35. The van der Waals surface area contributed by atoms with Gasteiger partial charge in [0, 0.05) is 0 Å². The first kappa shape index (κ1) is 11.7. The Morgan fingerprint density at radius 3 is 2.41 bits per heavy atom. The standard InChI is InChI=1S/C15H24O2/c1-9-5-15(17)8-13(2,3)7-11(15)14(4)6-10(16)12(9)14/h10-11,16-17H,5-8H2,1-4H3/t10-,11-,14-,15+/m1/s1. The third-order valence-corrected chi connectivity index (χ3v) is 5.56. The fraction of sp³-hybridized carbons (Fsp3) is 0.867. The van der Waals surface area contributed by atoms with Gasteiger partial charge in [0.2, 0.25) is 0 Å². The van der Waals surface area contributed by atoms with E-state index >= 15 is 0 Å². The fourth-order valence-electron chi connectivity index (χ4n) is 5.29. The molecule has 0 heterocycles. The van der Waals surface area contributed by atoms with Gasteiger partial charge in [-0.3, -0.25) is 0 Å². The molecule has 0 spiro atoms. The van der Waals surface area contributed by atoms with Crippen LogP contribution in [0.5, 0.6) is 0 Å². The number of rotatable bonds is 0. The van der Waals surface area contributed by atoms with Gasteiger partial charge in [0.15, 0.2) is 0 Å². The van der Waals surface area contributed by atoms with Crippen LogP contribution in [-0.2, 0) is 0 Å². The van der Waals surface area contributed by atoms with Crippen molar-refractivity contribution in [3.05, 3.63) is 11.1 Å². The van der Waals surface area contributed by atoms with Crippen LogP contribution in [0.1, 0.15) is 53.4 Å². The highest BCUT2D eigenvalue weighted by Crippen LogP contribution is 2.67. The summed E-state index contributed by atoms with van der Waals surface area (Å²) in [5.41, 5.74) is 2.25. The highest BCUT2D eigenvalue weighted by molar-refractivity contribution is 5.40. The molecule has 2 N–H and O–H groups in total. The zero-order chi connectivity index (χ0) is 12.6. The first-order chi connectivity index (χ1) is 7.68. The van der Waals surface area contributed by atoms with Crippen molar-refractivity contribution in [2.45, 2.75) is 65.1 Å². The van der Waals surface area contributed by atoms with E-state index in [4.69, 9.17) is 0 Å². The van der Waals surface area contributed by atoms with Gasteiger partial charge in [0.05, 0.1) is 11.7 Å². The summed E-state index contributed by atoms with van der Waals surface area (Å²) in [5, 5.41) is 20.9. The third kappa shape index (κ3) is 1.34. The van der Waals surface area contributed by atoms with Gasteiger partial charge in [-0.15, -0.1) is 0 Å². The topological polar surface area (TPSA) is 40.5 Å². The summed E-state index contributed by atoms with van der Waals surface area (Å²) in [6, 6.07) is 0. The molecule has 2 saturated carbocycles. The van der Waals surface area contributed by atoms with Crippen molar-refractivity contribution < 1.29 is 10.2 Å². The normalized spacial score (nSPS) is 51.9. The Hall–Kier alpha value is -0.340. The maximum absolute atomic E-state index is 11.0. The predicted octanol–water partition coefficient (Wildman–Crippen LogP) is 2.64. The summed E-state index contributed by atoms with van der Waals surface area (Å²) in [6.45, 7) is 8.86. The molecule has 2 fully saturated rings. The molecule has 0 bridgehead atoms. The van der Waals surface area contributed by atoms with Crippen molar-refractivity contribution in [3.63, 3.8) is 0 Å². The summed E-state index contributed by atoms with van der Waals surface area (Å²) in [7, 11) is 0. The zero-order valence-corrected chi connectivity index (χ0v) is 11.4. The van der Waals surface area contributed by atoms with E-state index in [0.29, 0.717) is 5.92 Å². The number of aliphatic hydroxyl groups excluding tert-OH is 1. The first-order valence-corrected chi connectivity index (χ1v) is 6.79. The van der Waals surface area contributed by atoms with Crippen LogP contribution in [0.3, 0.4) is 0 Å². The molecule has 3 aliphatic rings. The summed E-state index contributed by atoms with van der Waals surface area (Å²) >= 11 is 0. The van der Waals surface area contributed by atoms with E-state index in [1.807, 2.05) is 0 Å². The van der Waals surface area contributed by atoms with Gasteiger partial charge < -0.3 is 10.2 Å². The summed E-state index contributed by atoms with van der Waals surface area (Å²) in [5.74, 6) is 0.340. The summed E-state index contributed by atoms with van der Waals surface area (Å²) in [4.78, 5) is 0. The van der Waals surface area contributed by atoms with Crippen molar-refractivity contribution in [1.82, 2.24) is 0 Å². The lowest BCUT2D eigenvalue weighted by atomic mass is 9.49. The lowest BCUT2D eigenvalue weighted by Gasteiger charge is -2.58. The van der Waals surface area contributed by atoms with Gasteiger partial charge in [-0.05, 0) is 54.9 Å². The Labute approximate surface area is 104 Å². The highest BCUT2D eigenvalue weighted by atomic mass is 16.3. The quantitative estimate of drug-likeness (QED) is 0.635.